The van der Waals surface area contributed by atoms with Crippen molar-refractivity contribution in [3.8, 4) is 5.88 Å². The number of aliphatic carboxylic acids is 1. The number of aryl methyl sites for hydroxylation is 1. The van der Waals surface area contributed by atoms with Crippen LogP contribution >= 0.6 is 11.6 Å². The lowest BCUT2D eigenvalue weighted by molar-refractivity contribution is -0.134. The zero-order valence-corrected chi connectivity index (χ0v) is 20.9. The second kappa shape index (κ2) is 11.6. The number of aromatic amines is 1. The van der Waals surface area contributed by atoms with Gasteiger partial charge in [0.2, 0.25) is 17.8 Å². The Morgan fingerprint density at radius 2 is 1.86 bits per heavy atom. The van der Waals surface area contributed by atoms with Crippen LogP contribution in [-0.4, -0.2) is 62.4 Å². The van der Waals surface area contributed by atoms with Gasteiger partial charge in [0, 0.05) is 36.1 Å². The molecule has 12 nitrogen and oxygen atoms in total. The monoisotopic (exact) mass is 524 g/mol. The predicted octanol–water partition coefficient (Wildman–Crippen LogP) is 5.11. The third-order valence-corrected chi connectivity index (χ3v) is 5.64. The molecule has 2 aromatic heterocycles. The molecule has 37 heavy (non-hydrogen) atoms. The molecule has 0 bridgehead atoms. The maximum absolute atomic E-state index is 10.3. The number of ether oxygens (including phenoxy) is 1. The van der Waals surface area contributed by atoms with E-state index >= 15 is 0 Å². The number of para-hydroxylation sites is 1. The molecule has 2 aromatic carbocycles. The summed E-state index contributed by atoms with van der Waals surface area (Å²) in [5.74, 6) is -0.0263. The van der Waals surface area contributed by atoms with Gasteiger partial charge in [-0.2, -0.15) is 15.0 Å². The van der Waals surface area contributed by atoms with Gasteiger partial charge in [-0.25, -0.2) is 0 Å². The van der Waals surface area contributed by atoms with Crippen molar-refractivity contribution in [2.45, 2.75) is 13.8 Å². The van der Waals surface area contributed by atoms with Gasteiger partial charge in [0.05, 0.1) is 18.7 Å². The second-order valence-corrected chi connectivity index (χ2v) is 8.44. The molecule has 192 valence electrons. The summed E-state index contributed by atoms with van der Waals surface area (Å²) in [5.41, 5.74) is 2.78. The van der Waals surface area contributed by atoms with Gasteiger partial charge in [0.1, 0.15) is 0 Å². The molecule has 1 saturated heterocycles. The Kier molecular flexibility index (Phi) is 8.11. The number of carboxylic acid groups (broad SMARTS) is 1. The molecule has 5 rings (SSSR count). The molecule has 4 N–H and O–H groups in total. The number of fused-ring (bicyclic) bond motifs is 1. The third kappa shape index (κ3) is 6.68. The van der Waals surface area contributed by atoms with Crippen LogP contribution in [0.15, 0.2) is 52.7 Å². The molecule has 0 aliphatic carbocycles. The van der Waals surface area contributed by atoms with Crippen molar-refractivity contribution < 1.29 is 19.7 Å². The van der Waals surface area contributed by atoms with Crippen LogP contribution in [0.5, 0.6) is 5.88 Å². The van der Waals surface area contributed by atoms with Crippen LogP contribution in [0.1, 0.15) is 12.5 Å². The number of H-pyrrole nitrogens is 1. The number of hydrogen-bond donors (Lipinski definition) is 4. The van der Waals surface area contributed by atoms with Crippen LogP contribution in [0.2, 0.25) is 5.02 Å². The van der Waals surface area contributed by atoms with E-state index < -0.39 is 5.97 Å². The van der Waals surface area contributed by atoms with E-state index in [9.17, 15) is 5.11 Å². The standard InChI is InChI=1S/C22H21ClN8O2.C2H4O2/c1-13-6-7-14(12-16(13)23)24-20-26-21(28-22(27-20)31-8-10-33-11-9-31)30-29-18-15-4-2-3-5-17(15)25-19(18)32;1-2(3)4/h2-7,12,25,32H,8-11H2,1H3,(H,24,26,27,28);1H3,(H,3,4). The van der Waals surface area contributed by atoms with Gasteiger partial charge in [-0.15, -0.1) is 10.2 Å². The maximum atomic E-state index is 10.3. The summed E-state index contributed by atoms with van der Waals surface area (Å²) in [7, 11) is 0. The molecular weight excluding hydrogens is 500 g/mol. The lowest BCUT2D eigenvalue weighted by Gasteiger charge is -2.26. The number of nitrogens with one attached hydrogen (secondary N) is 2. The van der Waals surface area contributed by atoms with E-state index in [-0.39, 0.29) is 11.8 Å². The zero-order valence-electron chi connectivity index (χ0n) is 20.1. The molecule has 0 saturated carbocycles. The minimum atomic E-state index is -0.833. The van der Waals surface area contributed by atoms with Crippen molar-refractivity contribution in [3.63, 3.8) is 0 Å². The molecule has 1 fully saturated rings. The minimum absolute atomic E-state index is 0.0740. The first-order chi connectivity index (χ1) is 17.8. The first kappa shape index (κ1) is 25.8. The van der Waals surface area contributed by atoms with Gasteiger partial charge in [-0.05, 0) is 30.7 Å². The lowest BCUT2D eigenvalue weighted by Crippen LogP contribution is -2.37. The highest BCUT2D eigenvalue weighted by molar-refractivity contribution is 6.31. The molecule has 0 atom stereocenters. The predicted molar refractivity (Wildman–Crippen MR) is 140 cm³/mol. The van der Waals surface area contributed by atoms with Gasteiger partial charge >= 0.3 is 0 Å². The number of carboxylic acids is 1. The molecule has 1 aliphatic rings. The Labute approximate surface area is 217 Å². The topological polar surface area (TPSA) is 161 Å². The summed E-state index contributed by atoms with van der Waals surface area (Å²) in [5, 5.41) is 30.7. The normalized spacial score (nSPS) is 13.4. The highest BCUT2D eigenvalue weighted by Gasteiger charge is 2.17. The summed E-state index contributed by atoms with van der Waals surface area (Å²) >= 11 is 6.26. The van der Waals surface area contributed by atoms with E-state index in [4.69, 9.17) is 26.2 Å². The fourth-order valence-electron chi connectivity index (χ4n) is 3.47. The Hall–Kier alpha value is -4.29. The number of anilines is 3. The average molecular weight is 525 g/mol. The quantitative estimate of drug-likeness (QED) is 0.260. The minimum Gasteiger partial charge on any atom is -0.493 e. The van der Waals surface area contributed by atoms with Gasteiger partial charge in [0.15, 0.2) is 5.69 Å². The summed E-state index contributed by atoms with van der Waals surface area (Å²) in [4.78, 5) is 27.3. The van der Waals surface area contributed by atoms with Gasteiger partial charge in [-0.3, -0.25) is 4.79 Å². The number of azo groups is 1. The first-order valence-electron chi connectivity index (χ1n) is 11.3. The Balaban J connectivity index is 0.000000747. The van der Waals surface area contributed by atoms with Crippen molar-refractivity contribution in [1.29, 1.82) is 0 Å². The van der Waals surface area contributed by atoms with Crippen LogP contribution in [0, 0.1) is 6.92 Å². The highest BCUT2D eigenvalue weighted by atomic mass is 35.5. The number of aromatic hydroxyl groups is 1. The van der Waals surface area contributed by atoms with Crippen molar-refractivity contribution in [1.82, 2.24) is 19.9 Å². The number of nitrogens with zero attached hydrogens (tertiary/aromatic N) is 6. The van der Waals surface area contributed by atoms with Crippen LogP contribution in [0.3, 0.4) is 0 Å². The van der Waals surface area contributed by atoms with Gasteiger partial charge in [-0.1, -0.05) is 35.9 Å². The zero-order chi connectivity index (χ0) is 26.4. The SMILES string of the molecule is CC(=O)O.Cc1ccc(Nc2nc(N=Nc3c(O)[nH]c4ccccc34)nc(N3CCOCC3)n2)cc1Cl. The summed E-state index contributed by atoms with van der Waals surface area (Å²) in [6, 6.07) is 13.0. The van der Waals surface area contributed by atoms with Crippen LogP contribution in [0.4, 0.5) is 29.2 Å². The van der Waals surface area contributed by atoms with Gasteiger partial charge < -0.3 is 30.2 Å². The molecule has 0 spiro atoms. The molecule has 13 heteroatoms. The fourth-order valence-corrected chi connectivity index (χ4v) is 3.65. The third-order valence-electron chi connectivity index (χ3n) is 5.23. The van der Waals surface area contributed by atoms with Crippen LogP contribution in [0.25, 0.3) is 10.9 Å². The van der Waals surface area contributed by atoms with E-state index in [1.54, 1.807) is 6.07 Å². The van der Waals surface area contributed by atoms with E-state index in [1.807, 2.05) is 48.2 Å². The summed E-state index contributed by atoms with van der Waals surface area (Å²) in [6.07, 6.45) is 0. The Morgan fingerprint density at radius 3 is 2.59 bits per heavy atom. The lowest BCUT2D eigenvalue weighted by atomic mass is 10.2. The van der Waals surface area contributed by atoms with Gasteiger partial charge in [0.25, 0.3) is 11.9 Å². The number of hydrogen-bond acceptors (Lipinski definition) is 10. The van der Waals surface area contributed by atoms with Crippen molar-refractivity contribution in [2.24, 2.45) is 10.2 Å². The first-order valence-corrected chi connectivity index (χ1v) is 11.7. The Bertz CT molecular complexity index is 1430. The number of halogens is 1. The van der Waals surface area contributed by atoms with Crippen molar-refractivity contribution >= 4 is 57.7 Å². The fraction of sp³-hybridized carbons (Fsp3) is 0.250. The van der Waals surface area contributed by atoms with E-state index in [0.29, 0.717) is 48.9 Å². The molecule has 3 heterocycles. The van der Waals surface area contributed by atoms with E-state index in [1.165, 1.54) is 0 Å². The van der Waals surface area contributed by atoms with Crippen molar-refractivity contribution in [2.75, 3.05) is 36.5 Å². The van der Waals surface area contributed by atoms with Crippen LogP contribution < -0.4 is 10.2 Å². The number of aromatic nitrogens is 4. The smallest absolute Gasteiger partial charge is 0.300 e. The summed E-state index contributed by atoms with van der Waals surface area (Å²) in [6.45, 7) is 5.49. The van der Waals surface area contributed by atoms with Crippen molar-refractivity contribution in [3.05, 3.63) is 53.1 Å². The van der Waals surface area contributed by atoms with Crippen LogP contribution in [-0.2, 0) is 9.53 Å². The molecular formula is C24H25ClN8O4. The van der Waals surface area contributed by atoms with E-state index in [2.05, 4.69) is 35.5 Å². The highest BCUT2D eigenvalue weighted by Crippen LogP contribution is 2.36. The molecule has 0 amide bonds. The average Bonchev–Trinajstić information content (AvgIpc) is 3.20. The maximum Gasteiger partial charge on any atom is 0.300 e. The largest absolute Gasteiger partial charge is 0.493 e. The summed E-state index contributed by atoms with van der Waals surface area (Å²) < 4.78 is 5.44. The molecule has 0 radical (unpaired) electrons. The number of carbonyl (C=O) groups is 1. The number of rotatable bonds is 5. The Morgan fingerprint density at radius 1 is 1.14 bits per heavy atom. The molecule has 1 aliphatic heterocycles. The molecule has 4 aromatic rings. The number of benzene rings is 2. The molecule has 0 unspecified atom stereocenters. The number of morpholine rings is 1. The van der Waals surface area contributed by atoms with E-state index in [0.717, 1.165) is 29.1 Å². The second-order valence-electron chi connectivity index (χ2n) is 8.03.